The number of allylic oxidation sites excluding steroid dienone is 1. The smallest absolute Gasteiger partial charge is 0.434 e. The SMILES string of the molecule is CCOC(=O)C1=C(C(F)(F)F)N=c2s/c(=C\c3ccc(I)cc3)c(=O)n2[C@@H]1c1ccc(Cl)cc1. The Hall–Kier alpha value is -2.44. The van der Waals surface area contributed by atoms with Crippen LogP contribution in [0.15, 0.2) is 69.6 Å². The van der Waals surface area contributed by atoms with E-state index in [9.17, 15) is 22.8 Å². The van der Waals surface area contributed by atoms with Gasteiger partial charge >= 0.3 is 12.1 Å². The number of carbonyl (C=O) groups excluding carboxylic acids is 1. The van der Waals surface area contributed by atoms with Gasteiger partial charge in [0.05, 0.1) is 22.8 Å². The molecule has 34 heavy (non-hydrogen) atoms. The van der Waals surface area contributed by atoms with Gasteiger partial charge in [-0.15, -0.1) is 0 Å². The van der Waals surface area contributed by atoms with E-state index < -0.39 is 35.0 Å². The first-order valence-corrected chi connectivity index (χ1v) is 12.2. The van der Waals surface area contributed by atoms with Crippen molar-refractivity contribution in [3.05, 3.63) is 99.2 Å². The van der Waals surface area contributed by atoms with Crippen LogP contribution >= 0.6 is 45.5 Å². The van der Waals surface area contributed by atoms with Crippen molar-refractivity contribution < 1.29 is 22.7 Å². The van der Waals surface area contributed by atoms with Crippen molar-refractivity contribution in [3.63, 3.8) is 0 Å². The fourth-order valence-corrected chi connectivity index (χ4v) is 5.00. The second kappa shape index (κ2) is 9.67. The number of esters is 1. The van der Waals surface area contributed by atoms with Crippen LogP contribution in [0.4, 0.5) is 13.2 Å². The van der Waals surface area contributed by atoms with Crippen molar-refractivity contribution in [2.45, 2.75) is 19.1 Å². The van der Waals surface area contributed by atoms with Crippen LogP contribution < -0.4 is 14.9 Å². The lowest BCUT2D eigenvalue weighted by atomic mass is 9.95. The third kappa shape index (κ3) is 4.84. The molecule has 1 aliphatic heterocycles. The first-order valence-electron chi connectivity index (χ1n) is 9.91. The normalized spacial score (nSPS) is 16.3. The third-order valence-corrected chi connectivity index (χ3v) is 6.90. The van der Waals surface area contributed by atoms with Gasteiger partial charge in [0.25, 0.3) is 5.56 Å². The molecule has 1 aliphatic rings. The van der Waals surface area contributed by atoms with E-state index in [1.54, 1.807) is 18.2 Å². The van der Waals surface area contributed by atoms with E-state index in [2.05, 4.69) is 27.6 Å². The highest BCUT2D eigenvalue weighted by molar-refractivity contribution is 14.1. The van der Waals surface area contributed by atoms with Gasteiger partial charge < -0.3 is 4.74 Å². The van der Waals surface area contributed by atoms with Crippen LogP contribution in [0.25, 0.3) is 6.08 Å². The minimum Gasteiger partial charge on any atom is -0.463 e. The molecule has 0 saturated heterocycles. The van der Waals surface area contributed by atoms with Crippen LogP contribution in [-0.2, 0) is 9.53 Å². The number of hydrogen-bond acceptors (Lipinski definition) is 5. The molecule has 0 bridgehead atoms. The zero-order valence-electron chi connectivity index (χ0n) is 17.4. The largest absolute Gasteiger partial charge is 0.463 e. The number of benzene rings is 2. The van der Waals surface area contributed by atoms with Crippen molar-refractivity contribution in [2.75, 3.05) is 6.61 Å². The molecule has 2 aromatic carbocycles. The summed E-state index contributed by atoms with van der Waals surface area (Å²) in [6.07, 6.45) is -3.36. The van der Waals surface area contributed by atoms with Gasteiger partial charge in [-0.25, -0.2) is 9.79 Å². The van der Waals surface area contributed by atoms with Gasteiger partial charge in [0.1, 0.15) is 0 Å². The van der Waals surface area contributed by atoms with Gasteiger partial charge in [-0.1, -0.05) is 47.2 Å². The number of fused-ring (bicyclic) bond motifs is 1. The number of thiazole rings is 1. The van der Waals surface area contributed by atoms with Crippen LogP contribution in [0.1, 0.15) is 24.1 Å². The van der Waals surface area contributed by atoms with Crippen LogP contribution in [0.2, 0.25) is 5.02 Å². The molecular weight excluding hydrogens is 604 g/mol. The molecule has 0 saturated carbocycles. The fraction of sp³-hybridized carbons (Fsp3) is 0.174. The minimum atomic E-state index is -4.95. The molecule has 1 atom stereocenters. The van der Waals surface area contributed by atoms with E-state index in [0.29, 0.717) is 10.6 Å². The molecule has 176 valence electrons. The summed E-state index contributed by atoms with van der Waals surface area (Å²) in [5.74, 6) is -1.19. The number of rotatable bonds is 4. The lowest BCUT2D eigenvalue weighted by Crippen LogP contribution is -2.41. The summed E-state index contributed by atoms with van der Waals surface area (Å²) in [5.41, 5.74) is -1.72. The van der Waals surface area contributed by atoms with E-state index in [0.717, 1.165) is 19.5 Å². The van der Waals surface area contributed by atoms with Crippen molar-refractivity contribution in [2.24, 2.45) is 4.99 Å². The van der Waals surface area contributed by atoms with Crippen LogP contribution in [0, 0.1) is 3.57 Å². The van der Waals surface area contributed by atoms with Crippen LogP contribution in [-0.4, -0.2) is 23.3 Å². The van der Waals surface area contributed by atoms with E-state index >= 15 is 0 Å². The van der Waals surface area contributed by atoms with Crippen molar-refractivity contribution in [1.29, 1.82) is 0 Å². The second-order valence-electron chi connectivity index (χ2n) is 7.17. The van der Waals surface area contributed by atoms with Gasteiger partial charge in [-0.05, 0) is 71.0 Å². The molecule has 0 N–H and O–H groups in total. The first-order chi connectivity index (χ1) is 16.1. The molecule has 5 nitrogen and oxygen atoms in total. The van der Waals surface area contributed by atoms with E-state index in [4.69, 9.17) is 16.3 Å². The number of ether oxygens (including phenoxy) is 1. The zero-order chi connectivity index (χ0) is 24.6. The second-order valence-corrected chi connectivity index (χ2v) is 9.86. The molecule has 0 amide bonds. The van der Waals surface area contributed by atoms with Crippen LogP contribution in [0.3, 0.4) is 0 Å². The molecule has 1 aromatic heterocycles. The Morgan fingerprint density at radius 3 is 2.44 bits per heavy atom. The van der Waals surface area contributed by atoms with Gasteiger partial charge in [0.2, 0.25) is 0 Å². The van der Waals surface area contributed by atoms with Crippen molar-refractivity contribution in [3.8, 4) is 0 Å². The summed E-state index contributed by atoms with van der Waals surface area (Å²) in [4.78, 5) is 29.7. The molecule has 4 rings (SSSR count). The standard InChI is InChI=1S/C23H15ClF3IN2O3S/c1-2-33-21(32)17-18(13-5-7-14(24)8-6-13)30-20(31)16(11-12-3-9-15(28)10-4-12)34-22(30)29-19(17)23(25,26)27/h3-11,18H,2H2,1H3/b16-11-/t18-/m1/s1. The summed E-state index contributed by atoms with van der Waals surface area (Å²) >= 11 is 8.93. The average molecular weight is 619 g/mol. The molecule has 0 unspecified atom stereocenters. The number of nitrogens with zero attached hydrogens (tertiary/aromatic N) is 2. The highest BCUT2D eigenvalue weighted by atomic mass is 127. The zero-order valence-corrected chi connectivity index (χ0v) is 21.1. The van der Waals surface area contributed by atoms with Gasteiger partial charge in [-0.2, -0.15) is 13.2 Å². The number of alkyl halides is 3. The number of carbonyl (C=O) groups is 1. The number of halogens is 5. The number of aromatic nitrogens is 1. The highest BCUT2D eigenvalue weighted by Gasteiger charge is 2.45. The van der Waals surface area contributed by atoms with Gasteiger partial charge in [0.15, 0.2) is 10.5 Å². The molecule has 0 radical (unpaired) electrons. The fourth-order valence-electron chi connectivity index (χ4n) is 3.51. The third-order valence-electron chi connectivity index (χ3n) is 4.95. The van der Waals surface area contributed by atoms with Crippen LogP contribution in [0.5, 0.6) is 0 Å². The summed E-state index contributed by atoms with van der Waals surface area (Å²) in [5, 5.41) is 0.354. The van der Waals surface area contributed by atoms with E-state index in [1.165, 1.54) is 31.2 Å². The Labute approximate surface area is 214 Å². The summed E-state index contributed by atoms with van der Waals surface area (Å²) in [6.45, 7) is 1.34. The maximum Gasteiger partial charge on any atom is 0.434 e. The Kier molecular flexibility index (Phi) is 7.02. The monoisotopic (exact) mass is 618 g/mol. The highest BCUT2D eigenvalue weighted by Crippen LogP contribution is 2.38. The molecule has 0 aliphatic carbocycles. The maximum atomic E-state index is 14.1. The number of hydrogen-bond donors (Lipinski definition) is 0. The van der Waals surface area contributed by atoms with Gasteiger partial charge in [-0.3, -0.25) is 9.36 Å². The van der Waals surface area contributed by atoms with Crippen molar-refractivity contribution in [1.82, 2.24) is 4.57 Å². The minimum absolute atomic E-state index is 0.141. The lowest BCUT2D eigenvalue weighted by molar-refractivity contribution is -0.140. The Morgan fingerprint density at radius 2 is 1.85 bits per heavy atom. The molecule has 0 spiro atoms. The first kappa shape index (κ1) is 24.7. The summed E-state index contributed by atoms with van der Waals surface area (Å²) in [6, 6.07) is 11.8. The lowest BCUT2D eigenvalue weighted by Gasteiger charge is -2.26. The molecular formula is C23H15ClF3IN2O3S. The van der Waals surface area contributed by atoms with Gasteiger partial charge in [0, 0.05) is 8.59 Å². The Bertz CT molecular complexity index is 1460. The average Bonchev–Trinajstić information content (AvgIpc) is 3.09. The Morgan fingerprint density at radius 1 is 1.21 bits per heavy atom. The summed E-state index contributed by atoms with van der Waals surface area (Å²) < 4.78 is 49.4. The molecule has 0 fully saturated rings. The molecule has 2 heterocycles. The maximum absolute atomic E-state index is 14.1. The molecule has 11 heteroatoms. The Balaban J connectivity index is 2.04. The predicted molar refractivity (Wildman–Crippen MR) is 131 cm³/mol. The predicted octanol–water partition coefficient (Wildman–Crippen LogP) is 4.60. The summed E-state index contributed by atoms with van der Waals surface area (Å²) in [7, 11) is 0. The topological polar surface area (TPSA) is 60.7 Å². The van der Waals surface area contributed by atoms with E-state index in [-0.39, 0.29) is 21.5 Å². The van der Waals surface area contributed by atoms with E-state index in [1.807, 2.05) is 12.1 Å². The quantitative estimate of drug-likeness (QED) is 0.317. The van der Waals surface area contributed by atoms with Crippen molar-refractivity contribution >= 4 is 57.6 Å². The molecule has 3 aromatic rings.